The lowest BCUT2D eigenvalue weighted by Gasteiger charge is -2.26. The number of rotatable bonds is 7. The number of fused-ring (bicyclic) bond motifs is 1. The minimum Gasteiger partial charge on any atom is -0.494 e. The van der Waals surface area contributed by atoms with E-state index >= 15 is 0 Å². The maximum Gasteiger partial charge on any atom is 0.272 e. The van der Waals surface area contributed by atoms with E-state index in [0.29, 0.717) is 31.1 Å². The van der Waals surface area contributed by atoms with E-state index in [2.05, 4.69) is 10.4 Å². The first-order valence-corrected chi connectivity index (χ1v) is 11.5. The molecule has 0 atom stereocenters. The molecule has 0 saturated heterocycles. The summed E-state index contributed by atoms with van der Waals surface area (Å²) in [4.78, 5) is 12.7. The van der Waals surface area contributed by atoms with Crippen LogP contribution in [0.4, 0.5) is 0 Å². The van der Waals surface area contributed by atoms with Crippen LogP contribution in [-0.4, -0.2) is 41.6 Å². The van der Waals surface area contributed by atoms with Gasteiger partial charge in [-0.3, -0.25) is 9.48 Å². The highest BCUT2D eigenvalue weighted by Crippen LogP contribution is 2.24. The molecule has 31 heavy (non-hydrogen) atoms. The number of benzene rings is 2. The van der Waals surface area contributed by atoms with Crippen LogP contribution in [0.1, 0.15) is 28.7 Å². The minimum atomic E-state index is -3.66. The molecule has 0 saturated carbocycles. The monoisotopic (exact) mass is 440 g/mol. The van der Waals surface area contributed by atoms with Crippen LogP contribution in [0.15, 0.2) is 65.6 Å². The second kappa shape index (κ2) is 8.91. The van der Waals surface area contributed by atoms with Crippen LogP contribution in [0.5, 0.6) is 5.75 Å². The summed E-state index contributed by atoms with van der Waals surface area (Å²) >= 11 is 0. The van der Waals surface area contributed by atoms with Gasteiger partial charge in [-0.05, 0) is 42.8 Å². The molecule has 0 unspecified atom stereocenters. The molecule has 8 nitrogen and oxygen atoms in total. The average molecular weight is 441 g/mol. The van der Waals surface area contributed by atoms with E-state index in [1.54, 1.807) is 35.0 Å². The zero-order valence-electron chi connectivity index (χ0n) is 17.2. The van der Waals surface area contributed by atoms with Gasteiger partial charge in [0.1, 0.15) is 5.75 Å². The van der Waals surface area contributed by atoms with Crippen molar-refractivity contribution in [2.45, 2.75) is 31.5 Å². The third kappa shape index (κ3) is 4.62. The predicted molar refractivity (Wildman–Crippen MR) is 115 cm³/mol. The standard InChI is InChI=1S/C22H24N4O4S/c1-2-30-19-8-10-20(11-9-19)31(28,29)25-12-13-26-18(16-25)14-21(24-26)22(27)23-15-17-6-4-3-5-7-17/h3-11,14H,2,12-13,15-16H2,1H3,(H,23,27). The van der Waals surface area contributed by atoms with Crippen molar-refractivity contribution < 1.29 is 17.9 Å². The van der Waals surface area contributed by atoms with Crippen LogP contribution in [0.25, 0.3) is 0 Å². The van der Waals surface area contributed by atoms with Crippen molar-refractivity contribution in [3.05, 3.63) is 77.6 Å². The SMILES string of the molecule is CCOc1ccc(S(=O)(=O)N2CCn3nc(C(=O)NCc4ccccc4)cc3C2)cc1. The highest BCUT2D eigenvalue weighted by molar-refractivity contribution is 7.89. The molecule has 0 spiro atoms. The van der Waals surface area contributed by atoms with Crippen LogP contribution >= 0.6 is 0 Å². The lowest BCUT2D eigenvalue weighted by molar-refractivity contribution is 0.0945. The molecule has 0 fully saturated rings. The Morgan fingerprint density at radius 1 is 1.10 bits per heavy atom. The fourth-order valence-electron chi connectivity index (χ4n) is 3.45. The maximum absolute atomic E-state index is 13.0. The van der Waals surface area contributed by atoms with E-state index in [4.69, 9.17) is 4.74 Å². The molecular weight excluding hydrogens is 416 g/mol. The highest BCUT2D eigenvalue weighted by atomic mass is 32.2. The molecule has 1 N–H and O–H groups in total. The first-order chi connectivity index (χ1) is 15.0. The summed E-state index contributed by atoms with van der Waals surface area (Å²) < 4.78 is 34.6. The number of hydrogen-bond donors (Lipinski definition) is 1. The maximum atomic E-state index is 13.0. The number of ether oxygens (including phenoxy) is 1. The molecule has 0 radical (unpaired) electrons. The number of hydrogen-bond acceptors (Lipinski definition) is 5. The van der Waals surface area contributed by atoms with Gasteiger partial charge in [0.25, 0.3) is 5.91 Å². The summed E-state index contributed by atoms with van der Waals surface area (Å²) in [6.07, 6.45) is 0. The lowest BCUT2D eigenvalue weighted by Crippen LogP contribution is -2.38. The van der Waals surface area contributed by atoms with Gasteiger partial charge in [0.05, 0.1) is 30.3 Å². The van der Waals surface area contributed by atoms with Crippen molar-refractivity contribution in [1.29, 1.82) is 0 Å². The predicted octanol–water partition coefficient (Wildman–Crippen LogP) is 2.42. The lowest BCUT2D eigenvalue weighted by atomic mass is 10.2. The molecule has 1 aromatic heterocycles. The van der Waals surface area contributed by atoms with E-state index in [0.717, 1.165) is 5.56 Å². The van der Waals surface area contributed by atoms with Crippen LogP contribution in [0.3, 0.4) is 0 Å². The summed E-state index contributed by atoms with van der Waals surface area (Å²) in [6.45, 7) is 3.63. The van der Waals surface area contributed by atoms with E-state index in [-0.39, 0.29) is 29.6 Å². The molecule has 4 rings (SSSR count). The van der Waals surface area contributed by atoms with Gasteiger partial charge < -0.3 is 10.1 Å². The molecule has 1 aliphatic rings. The van der Waals surface area contributed by atoms with E-state index in [1.165, 1.54) is 4.31 Å². The molecular formula is C22H24N4O4S. The Bertz CT molecular complexity index is 1160. The number of carbonyl (C=O) groups excluding carboxylic acids is 1. The van der Waals surface area contributed by atoms with Crippen molar-refractivity contribution in [3.8, 4) is 5.75 Å². The topological polar surface area (TPSA) is 93.5 Å². The van der Waals surface area contributed by atoms with Gasteiger partial charge in [0.2, 0.25) is 10.0 Å². The van der Waals surface area contributed by atoms with Crippen molar-refractivity contribution >= 4 is 15.9 Å². The Morgan fingerprint density at radius 2 is 1.84 bits per heavy atom. The normalized spacial score (nSPS) is 14.1. The van der Waals surface area contributed by atoms with Gasteiger partial charge in [-0.25, -0.2) is 8.42 Å². The summed E-state index contributed by atoms with van der Waals surface area (Å²) in [5, 5.41) is 7.20. The minimum absolute atomic E-state index is 0.161. The first kappa shape index (κ1) is 21.1. The van der Waals surface area contributed by atoms with Crippen molar-refractivity contribution in [2.24, 2.45) is 0 Å². The van der Waals surface area contributed by atoms with Crippen LogP contribution in [0, 0.1) is 0 Å². The fraction of sp³-hybridized carbons (Fsp3) is 0.273. The van der Waals surface area contributed by atoms with Crippen molar-refractivity contribution in [1.82, 2.24) is 19.4 Å². The fourth-order valence-corrected chi connectivity index (χ4v) is 4.85. The molecule has 2 aromatic carbocycles. The van der Waals surface area contributed by atoms with Gasteiger partial charge in [-0.15, -0.1) is 0 Å². The van der Waals surface area contributed by atoms with Crippen molar-refractivity contribution in [2.75, 3.05) is 13.2 Å². The zero-order valence-corrected chi connectivity index (χ0v) is 18.0. The smallest absolute Gasteiger partial charge is 0.272 e. The van der Waals surface area contributed by atoms with Crippen LogP contribution in [-0.2, 0) is 29.7 Å². The molecule has 162 valence electrons. The molecule has 1 aliphatic heterocycles. The number of carbonyl (C=O) groups is 1. The Labute approximate surface area is 181 Å². The molecule has 1 amide bonds. The first-order valence-electron chi connectivity index (χ1n) is 10.1. The molecule has 0 aliphatic carbocycles. The average Bonchev–Trinajstić information content (AvgIpc) is 3.22. The number of aromatic nitrogens is 2. The number of sulfonamides is 1. The van der Waals surface area contributed by atoms with E-state index < -0.39 is 10.0 Å². The summed E-state index contributed by atoms with van der Waals surface area (Å²) in [5.74, 6) is 0.344. The van der Waals surface area contributed by atoms with Gasteiger partial charge in [0.15, 0.2) is 5.69 Å². The van der Waals surface area contributed by atoms with Gasteiger partial charge >= 0.3 is 0 Å². The molecule has 9 heteroatoms. The summed E-state index contributed by atoms with van der Waals surface area (Å²) in [7, 11) is -3.66. The largest absolute Gasteiger partial charge is 0.494 e. The zero-order chi connectivity index (χ0) is 21.8. The molecule has 3 aromatic rings. The Morgan fingerprint density at radius 3 is 2.55 bits per heavy atom. The van der Waals surface area contributed by atoms with E-state index in [9.17, 15) is 13.2 Å². The quantitative estimate of drug-likeness (QED) is 0.609. The Hall–Kier alpha value is -3.17. The highest BCUT2D eigenvalue weighted by Gasteiger charge is 2.30. The van der Waals surface area contributed by atoms with Gasteiger partial charge in [0, 0.05) is 13.1 Å². The Kier molecular flexibility index (Phi) is 6.06. The summed E-state index contributed by atoms with van der Waals surface area (Å²) in [5.41, 5.74) is 1.96. The number of amides is 1. The molecule has 2 heterocycles. The summed E-state index contributed by atoms with van der Waals surface area (Å²) in [6, 6.07) is 17.7. The van der Waals surface area contributed by atoms with E-state index in [1.807, 2.05) is 37.3 Å². The van der Waals surface area contributed by atoms with Crippen LogP contribution < -0.4 is 10.1 Å². The third-order valence-corrected chi connectivity index (χ3v) is 6.92. The second-order valence-corrected chi connectivity index (χ2v) is 9.09. The van der Waals surface area contributed by atoms with Crippen molar-refractivity contribution in [3.63, 3.8) is 0 Å². The van der Waals surface area contributed by atoms with Gasteiger partial charge in [-0.1, -0.05) is 30.3 Å². The van der Waals surface area contributed by atoms with Gasteiger partial charge in [-0.2, -0.15) is 9.40 Å². The third-order valence-electron chi connectivity index (χ3n) is 5.06. The number of nitrogens with one attached hydrogen (secondary N) is 1. The number of nitrogens with zero attached hydrogens (tertiary/aromatic N) is 3. The second-order valence-electron chi connectivity index (χ2n) is 7.16. The van der Waals surface area contributed by atoms with Crippen LogP contribution in [0.2, 0.25) is 0 Å². The molecule has 0 bridgehead atoms. The Balaban J connectivity index is 1.45.